The average Bonchev–Trinajstić information content (AvgIpc) is 2.08. The number of aromatic hydroxyl groups is 1. The van der Waals surface area contributed by atoms with Crippen LogP contribution in [0.15, 0.2) is 6.20 Å². The Kier molecular flexibility index (Phi) is 3.71. The molecule has 0 spiro atoms. The number of nitrogens with zero attached hydrogens (tertiary/aromatic N) is 2. The van der Waals surface area contributed by atoms with Crippen LogP contribution in [0.3, 0.4) is 0 Å². The Morgan fingerprint density at radius 2 is 1.73 bits per heavy atom. The van der Waals surface area contributed by atoms with Crippen molar-refractivity contribution in [2.75, 3.05) is 0 Å². The topological polar surface area (TPSA) is 64.5 Å². The van der Waals surface area contributed by atoms with E-state index in [9.17, 15) is 0 Å². The van der Waals surface area contributed by atoms with Gasteiger partial charge in [0.15, 0.2) is 0 Å². The molecule has 0 amide bonds. The molecule has 0 radical (unpaired) electrons. The highest BCUT2D eigenvalue weighted by Crippen LogP contribution is 2.26. The van der Waals surface area contributed by atoms with Crippen molar-refractivity contribution in [3.63, 3.8) is 0 Å². The zero-order chi connectivity index (χ0) is 11.4. The molecule has 0 saturated heterocycles. The fraction of sp³-hybridized carbons (Fsp3) is 0.600. The highest BCUT2D eigenvalue weighted by Gasteiger charge is 2.12. The highest BCUT2D eigenvalue weighted by atomic mass is 16.5. The fourth-order valence-electron chi connectivity index (χ4n) is 0.989. The van der Waals surface area contributed by atoms with E-state index in [1.807, 2.05) is 27.7 Å². The lowest BCUT2D eigenvalue weighted by Crippen LogP contribution is -2.12. The van der Waals surface area contributed by atoms with E-state index in [0.29, 0.717) is 5.75 Å². The minimum absolute atomic E-state index is 0.00709. The van der Waals surface area contributed by atoms with Gasteiger partial charge in [-0.05, 0) is 27.7 Å². The Morgan fingerprint density at radius 3 is 2.27 bits per heavy atom. The van der Waals surface area contributed by atoms with Crippen LogP contribution >= 0.6 is 0 Å². The summed E-state index contributed by atoms with van der Waals surface area (Å²) < 4.78 is 10.8. The van der Waals surface area contributed by atoms with Gasteiger partial charge in [0.25, 0.3) is 5.88 Å². The van der Waals surface area contributed by atoms with Crippen molar-refractivity contribution in [3.8, 4) is 17.6 Å². The van der Waals surface area contributed by atoms with Crippen molar-refractivity contribution in [2.24, 2.45) is 0 Å². The first-order valence-corrected chi connectivity index (χ1v) is 4.88. The first kappa shape index (κ1) is 11.6. The fourth-order valence-corrected chi connectivity index (χ4v) is 0.989. The molecule has 1 aromatic heterocycles. The molecule has 1 rings (SSSR count). The van der Waals surface area contributed by atoms with Crippen LogP contribution in [0.2, 0.25) is 0 Å². The van der Waals surface area contributed by atoms with Gasteiger partial charge in [-0.1, -0.05) is 0 Å². The number of hydrogen-bond acceptors (Lipinski definition) is 5. The number of rotatable bonds is 4. The van der Waals surface area contributed by atoms with Crippen LogP contribution in [-0.2, 0) is 0 Å². The SMILES string of the molecule is CC(C)Oc1cnc(O)nc1OC(C)C. The van der Waals surface area contributed by atoms with Crippen molar-refractivity contribution in [1.82, 2.24) is 9.97 Å². The summed E-state index contributed by atoms with van der Waals surface area (Å²) in [5.74, 6) is 0.711. The lowest BCUT2D eigenvalue weighted by Gasteiger charge is -2.15. The molecule has 0 atom stereocenters. The summed E-state index contributed by atoms with van der Waals surface area (Å²) in [5.41, 5.74) is 0. The second-order valence-corrected chi connectivity index (χ2v) is 3.67. The predicted molar refractivity (Wildman–Crippen MR) is 55.2 cm³/mol. The first-order chi connectivity index (χ1) is 6.99. The maximum Gasteiger partial charge on any atom is 0.317 e. The molecule has 5 nitrogen and oxygen atoms in total. The van der Waals surface area contributed by atoms with Crippen LogP contribution in [0.5, 0.6) is 17.6 Å². The third-order valence-electron chi connectivity index (χ3n) is 1.42. The monoisotopic (exact) mass is 212 g/mol. The van der Waals surface area contributed by atoms with Crippen molar-refractivity contribution < 1.29 is 14.6 Å². The predicted octanol–water partition coefficient (Wildman–Crippen LogP) is 1.76. The van der Waals surface area contributed by atoms with E-state index < -0.39 is 0 Å². The summed E-state index contributed by atoms with van der Waals surface area (Å²) in [5, 5.41) is 9.13. The van der Waals surface area contributed by atoms with Crippen LogP contribution in [0.25, 0.3) is 0 Å². The third-order valence-corrected chi connectivity index (χ3v) is 1.42. The molecule has 0 aliphatic carbocycles. The lowest BCUT2D eigenvalue weighted by atomic mass is 10.4. The smallest absolute Gasteiger partial charge is 0.317 e. The highest BCUT2D eigenvalue weighted by molar-refractivity contribution is 5.32. The Bertz CT molecular complexity index is 326. The number of ether oxygens (including phenoxy) is 2. The van der Waals surface area contributed by atoms with Crippen LogP contribution in [0.1, 0.15) is 27.7 Å². The van der Waals surface area contributed by atoms with Crippen LogP contribution in [-0.4, -0.2) is 27.3 Å². The molecular weight excluding hydrogens is 196 g/mol. The van der Waals surface area contributed by atoms with Gasteiger partial charge in [0.05, 0.1) is 18.4 Å². The van der Waals surface area contributed by atoms with Crippen molar-refractivity contribution in [2.45, 2.75) is 39.9 Å². The normalized spacial score (nSPS) is 10.8. The van der Waals surface area contributed by atoms with Crippen molar-refractivity contribution >= 4 is 0 Å². The molecule has 0 aliphatic rings. The van der Waals surface area contributed by atoms with Crippen molar-refractivity contribution in [1.29, 1.82) is 0 Å². The number of aromatic nitrogens is 2. The molecule has 0 saturated carbocycles. The molecule has 15 heavy (non-hydrogen) atoms. The van der Waals surface area contributed by atoms with Crippen LogP contribution in [0, 0.1) is 0 Å². The van der Waals surface area contributed by atoms with E-state index in [-0.39, 0.29) is 24.1 Å². The van der Waals surface area contributed by atoms with E-state index in [2.05, 4.69) is 9.97 Å². The van der Waals surface area contributed by atoms with Gasteiger partial charge in [-0.2, -0.15) is 9.97 Å². The Balaban J connectivity index is 2.92. The Labute approximate surface area is 89.1 Å². The second kappa shape index (κ2) is 4.82. The van der Waals surface area contributed by atoms with Gasteiger partial charge >= 0.3 is 6.01 Å². The molecule has 0 bridgehead atoms. The molecule has 0 unspecified atom stereocenters. The molecule has 84 valence electrons. The number of hydrogen-bond donors (Lipinski definition) is 1. The van der Waals surface area contributed by atoms with Gasteiger partial charge in [0, 0.05) is 0 Å². The molecule has 0 aromatic carbocycles. The quantitative estimate of drug-likeness (QED) is 0.823. The minimum atomic E-state index is -0.318. The summed E-state index contributed by atoms with van der Waals surface area (Å²) in [6, 6.07) is -0.318. The molecule has 1 aromatic rings. The summed E-state index contributed by atoms with van der Waals surface area (Å²) in [6.07, 6.45) is 1.38. The molecule has 0 fully saturated rings. The Hall–Kier alpha value is -1.52. The van der Waals surface area contributed by atoms with Gasteiger partial charge in [0.1, 0.15) is 0 Å². The van der Waals surface area contributed by atoms with E-state index >= 15 is 0 Å². The maximum atomic E-state index is 9.13. The van der Waals surface area contributed by atoms with Crippen molar-refractivity contribution in [3.05, 3.63) is 6.20 Å². The van der Waals surface area contributed by atoms with Crippen LogP contribution < -0.4 is 9.47 Å². The second-order valence-electron chi connectivity index (χ2n) is 3.67. The van der Waals surface area contributed by atoms with Gasteiger partial charge in [-0.15, -0.1) is 0 Å². The van der Waals surface area contributed by atoms with Gasteiger partial charge in [-0.3, -0.25) is 0 Å². The molecule has 1 N–H and O–H groups in total. The summed E-state index contributed by atoms with van der Waals surface area (Å²) >= 11 is 0. The Morgan fingerprint density at radius 1 is 1.13 bits per heavy atom. The summed E-state index contributed by atoms with van der Waals surface area (Å²) in [6.45, 7) is 7.54. The van der Waals surface area contributed by atoms with Gasteiger partial charge < -0.3 is 14.6 Å². The van der Waals surface area contributed by atoms with E-state index in [1.54, 1.807) is 0 Å². The van der Waals surface area contributed by atoms with E-state index in [1.165, 1.54) is 6.20 Å². The van der Waals surface area contributed by atoms with Gasteiger partial charge in [-0.25, -0.2) is 0 Å². The minimum Gasteiger partial charge on any atom is -0.484 e. The standard InChI is InChI=1S/C10H16N2O3/c1-6(2)14-8-5-11-10(13)12-9(8)15-7(3)4/h5-7H,1-4H3,(H,11,12,13). The van der Waals surface area contributed by atoms with E-state index in [4.69, 9.17) is 14.6 Å². The van der Waals surface area contributed by atoms with E-state index in [0.717, 1.165) is 0 Å². The largest absolute Gasteiger partial charge is 0.484 e. The molecule has 0 aliphatic heterocycles. The molecule has 1 heterocycles. The van der Waals surface area contributed by atoms with Gasteiger partial charge in [0.2, 0.25) is 5.75 Å². The zero-order valence-electron chi connectivity index (χ0n) is 9.39. The lowest BCUT2D eigenvalue weighted by molar-refractivity contribution is 0.187. The molecule has 5 heteroatoms. The summed E-state index contributed by atoms with van der Waals surface area (Å²) in [4.78, 5) is 7.40. The maximum absolute atomic E-state index is 9.13. The molecular formula is C10H16N2O3. The third kappa shape index (κ3) is 3.61. The average molecular weight is 212 g/mol. The first-order valence-electron chi connectivity index (χ1n) is 4.88. The zero-order valence-corrected chi connectivity index (χ0v) is 9.39. The van der Waals surface area contributed by atoms with Crippen LogP contribution in [0.4, 0.5) is 0 Å². The summed E-state index contributed by atoms with van der Waals surface area (Å²) in [7, 11) is 0.